The van der Waals surface area contributed by atoms with Crippen molar-refractivity contribution in [2.75, 3.05) is 21.1 Å². The van der Waals surface area contributed by atoms with Gasteiger partial charge in [-0.15, -0.1) is 0 Å². The smallest absolute Gasteiger partial charge is 0.254 e. The summed E-state index contributed by atoms with van der Waals surface area (Å²) >= 11 is 0. The highest BCUT2D eigenvalue weighted by molar-refractivity contribution is 7.89. The third-order valence-corrected chi connectivity index (χ3v) is 7.53. The number of aryl methyl sites for hydroxylation is 1. The molecule has 0 fully saturated rings. The molecule has 0 spiro atoms. The SMILES string of the molecule is Cc1cc(C(=O)N(C)C(C)c2ccc(-n3cncn3)cc2)cc(S(=O)(=O)N(C)C)c1C. The third kappa shape index (κ3) is 4.38. The van der Waals surface area contributed by atoms with Gasteiger partial charge in [-0.2, -0.15) is 5.10 Å². The quantitative estimate of drug-likeness (QED) is 0.587. The lowest BCUT2D eigenvalue weighted by molar-refractivity contribution is 0.0742. The minimum atomic E-state index is -3.66. The fourth-order valence-electron chi connectivity index (χ4n) is 3.27. The van der Waals surface area contributed by atoms with E-state index in [9.17, 15) is 13.2 Å². The molecule has 31 heavy (non-hydrogen) atoms. The number of carbonyl (C=O) groups is 1. The molecule has 1 aromatic heterocycles. The molecule has 1 heterocycles. The molecule has 0 aliphatic carbocycles. The van der Waals surface area contributed by atoms with Crippen LogP contribution in [0.15, 0.2) is 53.9 Å². The summed E-state index contributed by atoms with van der Waals surface area (Å²) in [5.41, 5.74) is 3.56. The second-order valence-corrected chi connectivity index (χ2v) is 9.85. The molecule has 0 bridgehead atoms. The van der Waals surface area contributed by atoms with Crippen LogP contribution in [-0.4, -0.2) is 59.4 Å². The summed E-state index contributed by atoms with van der Waals surface area (Å²) in [6.45, 7) is 5.50. The molecular formula is C22H27N5O3S. The number of benzene rings is 2. The Kier molecular flexibility index (Phi) is 6.28. The van der Waals surface area contributed by atoms with Crippen molar-refractivity contribution in [2.24, 2.45) is 0 Å². The number of amides is 1. The predicted molar refractivity (Wildman–Crippen MR) is 119 cm³/mol. The molecule has 8 nitrogen and oxygen atoms in total. The van der Waals surface area contributed by atoms with Crippen LogP contribution in [0.4, 0.5) is 0 Å². The van der Waals surface area contributed by atoms with Crippen molar-refractivity contribution in [3.8, 4) is 5.69 Å². The van der Waals surface area contributed by atoms with E-state index < -0.39 is 10.0 Å². The van der Waals surface area contributed by atoms with Crippen LogP contribution in [0.5, 0.6) is 0 Å². The maximum absolute atomic E-state index is 13.2. The molecular weight excluding hydrogens is 414 g/mol. The molecule has 0 saturated carbocycles. The van der Waals surface area contributed by atoms with Gasteiger partial charge in [0.05, 0.1) is 16.6 Å². The van der Waals surface area contributed by atoms with E-state index in [2.05, 4.69) is 10.1 Å². The molecule has 0 aliphatic heterocycles. The Balaban J connectivity index is 1.89. The molecule has 1 amide bonds. The lowest BCUT2D eigenvalue weighted by Gasteiger charge is -2.26. The zero-order chi connectivity index (χ0) is 22.9. The Labute approximate surface area is 183 Å². The molecule has 3 rings (SSSR count). The number of sulfonamides is 1. The molecule has 0 N–H and O–H groups in total. The van der Waals surface area contributed by atoms with Crippen molar-refractivity contribution in [3.05, 3.63) is 71.3 Å². The van der Waals surface area contributed by atoms with Gasteiger partial charge in [0.2, 0.25) is 10.0 Å². The Morgan fingerprint density at radius 1 is 1.06 bits per heavy atom. The summed E-state index contributed by atoms with van der Waals surface area (Å²) in [5.74, 6) is -0.244. The zero-order valence-corrected chi connectivity index (χ0v) is 19.4. The van der Waals surface area contributed by atoms with E-state index >= 15 is 0 Å². The normalized spacial score (nSPS) is 12.7. The Morgan fingerprint density at radius 3 is 2.26 bits per heavy atom. The van der Waals surface area contributed by atoms with Crippen LogP contribution in [-0.2, 0) is 10.0 Å². The maximum Gasteiger partial charge on any atom is 0.254 e. The fraction of sp³-hybridized carbons (Fsp3) is 0.318. The molecule has 1 atom stereocenters. The van der Waals surface area contributed by atoms with Crippen LogP contribution < -0.4 is 0 Å². The van der Waals surface area contributed by atoms with Crippen LogP contribution in [0.1, 0.15) is 40.0 Å². The predicted octanol–water partition coefficient (Wildman–Crippen LogP) is 2.97. The number of carbonyl (C=O) groups excluding carboxylic acids is 1. The van der Waals surface area contributed by atoms with Gasteiger partial charge in [-0.1, -0.05) is 12.1 Å². The molecule has 2 aromatic carbocycles. The van der Waals surface area contributed by atoms with Gasteiger partial charge in [-0.05, 0) is 61.7 Å². The average molecular weight is 442 g/mol. The van der Waals surface area contributed by atoms with Gasteiger partial charge < -0.3 is 4.90 Å². The van der Waals surface area contributed by atoms with E-state index in [4.69, 9.17) is 0 Å². The number of aromatic nitrogens is 3. The molecule has 0 radical (unpaired) electrons. The van der Waals surface area contributed by atoms with Gasteiger partial charge in [0.25, 0.3) is 5.91 Å². The molecule has 0 saturated heterocycles. The lowest BCUT2D eigenvalue weighted by Crippen LogP contribution is -2.30. The summed E-state index contributed by atoms with van der Waals surface area (Å²) < 4.78 is 28.3. The number of hydrogen-bond donors (Lipinski definition) is 0. The van der Waals surface area contributed by atoms with Crippen LogP contribution in [0.25, 0.3) is 5.69 Å². The fourth-order valence-corrected chi connectivity index (χ4v) is 4.48. The highest BCUT2D eigenvalue weighted by Gasteiger charge is 2.25. The Morgan fingerprint density at radius 2 is 1.71 bits per heavy atom. The first-order valence-corrected chi connectivity index (χ1v) is 11.2. The second-order valence-electron chi connectivity index (χ2n) is 7.73. The van der Waals surface area contributed by atoms with Crippen molar-refractivity contribution < 1.29 is 13.2 Å². The van der Waals surface area contributed by atoms with E-state index in [1.54, 1.807) is 35.9 Å². The summed E-state index contributed by atoms with van der Waals surface area (Å²) in [5, 5.41) is 4.11. The molecule has 1 unspecified atom stereocenters. The standard InChI is InChI=1S/C22H27N5O3S/c1-15-11-19(12-21(16(15)2)31(29,30)25(4)5)22(28)26(6)17(3)18-7-9-20(10-8-18)27-14-23-13-24-27/h7-14,17H,1-6H3. The largest absolute Gasteiger partial charge is 0.335 e. The maximum atomic E-state index is 13.2. The van der Waals surface area contributed by atoms with Gasteiger partial charge in [-0.25, -0.2) is 22.4 Å². The summed E-state index contributed by atoms with van der Waals surface area (Å²) in [6.07, 6.45) is 3.09. The van der Waals surface area contributed by atoms with E-state index in [-0.39, 0.29) is 16.8 Å². The van der Waals surface area contributed by atoms with E-state index in [0.29, 0.717) is 11.1 Å². The summed E-state index contributed by atoms with van der Waals surface area (Å²) in [7, 11) is 1.02. The van der Waals surface area contributed by atoms with E-state index in [1.165, 1.54) is 26.5 Å². The van der Waals surface area contributed by atoms with Crippen molar-refractivity contribution >= 4 is 15.9 Å². The second kappa shape index (κ2) is 8.60. The van der Waals surface area contributed by atoms with Crippen LogP contribution in [0, 0.1) is 13.8 Å². The van der Waals surface area contributed by atoms with E-state index in [0.717, 1.165) is 21.1 Å². The highest BCUT2D eigenvalue weighted by Crippen LogP contribution is 2.26. The number of rotatable bonds is 6. The number of nitrogens with zero attached hydrogens (tertiary/aromatic N) is 5. The third-order valence-electron chi connectivity index (χ3n) is 5.59. The average Bonchev–Trinajstić information content (AvgIpc) is 3.28. The minimum Gasteiger partial charge on any atom is -0.335 e. The first-order chi connectivity index (χ1) is 14.5. The topological polar surface area (TPSA) is 88.4 Å². The molecule has 0 aliphatic rings. The van der Waals surface area contributed by atoms with Gasteiger partial charge >= 0.3 is 0 Å². The molecule has 3 aromatic rings. The van der Waals surface area contributed by atoms with Crippen LogP contribution >= 0.6 is 0 Å². The first-order valence-electron chi connectivity index (χ1n) is 9.80. The number of hydrogen-bond acceptors (Lipinski definition) is 5. The van der Waals surface area contributed by atoms with Gasteiger partial charge in [0, 0.05) is 26.7 Å². The van der Waals surface area contributed by atoms with Gasteiger partial charge in [-0.3, -0.25) is 4.79 Å². The minimum absolute atomic E-state index is 0.152. The molecule has 9 heteroatoms. The first kappa shape index (κ1) is 22.6. The monoisotopic (exact) mass is 441 g/mol. The van der Waals surface area contributed by atoms with Gasteiger partial charge in [0.1, 0.15) is 12.7 Å². The van der Waals surface area contributed by atoms with Crippen molar-refractivity contribution in [1.82, 2.24) is 24.0 Å². The van der Waals surface area contributed by atoms with Gasteiger partial charge in [0.15, 0.2) is 0 Å². The van der Waals surface area contributed by atoms with Crippen molar-refractivity contribution in [1.29, 1.82) is 0 Å². The highest BCUT2D eigenvalue weighted by atomic mass is 32.2. The zero-order valence-electron chi connectivity index (χ0n) is 18.6. The summed E-state index contributed by atoms with van der Waals surface area (Å²) in [6, 6.07) is 10.7. The Hall–Kier alpha value is -3.04. The molecule has 164 valence electrons. The van der Waals surface area contributed by atoms with Crippen LogP contribution in [0.2, 0.25) is 0 Å². The van der Waals surface area contributed by atoms with Crippen molar-refractivity contribution in [2.45, 2.75) is 31.7 Å². The van der Waals surface area contributed by atoms with E-state index in [1.807, 2.05) is 38.1 Å². The van der Waals surface area contributed by atoms with Crippen LogP contribution in [0.3, 0.4) is 0 Å². The summed E-state index contributed by atoms with van der Waals surface area (Å²) in [4.78, 5) is 18.9. The van der Waals surface area contributed by atoms with Crippen molar-refractivity contribution in [3.63, 3.8) is 0 Å². The lowest BCUT2D eigenvalue weighted by atomic mass is 10.0. The Bertz CT molecular complexity index is 1190.